The smallest absolute Gasteiger partial charge is 0.270 e. The summed E-state index contributed by atoms with van der Waals surface area (Å²) in [6.45, 7) is 5.05. The average molecular weight is 420 g/mol. The number of nitrogens with zero attached hydrogens (tertiary/aromatic N) is 2. The molecule has 0 bridgehead atoms. The van der Waals surface area contributed by atoms with Crippen molar-refractivity contribution in [3.63, 3.8) is 0 Å². The number of aryl methyl sites for hydroxylation is 1. The highest BCUT2D eigenvalue weighted by Gasteiger charge is 2.31. The van der Waals surface area contributed by atoms with Gasteiger partial charge in [0.2, 0.25) is 10.0 Å². The van der Waals surface area contributed by atoms with Crippen LogP contribution in [-0.2, 0) is 14.8 Å². The summed E-state index contributed by atoms with van der Waals surface area (Å²) in [5.74, 6) is 0. The Labute approximate surface area is 170 Å². The van der Waals surface area contributed by atoms with Crippen LogP contribution in [0.2, 0.25) is 0 Å². The van der Waals surface area contributed by atoms with E-state index in [1.807, 2.05) is 38.1 Å². The van der Waals surface area contributed by atoms with E-state index in [9.17, 15) is 18.5 Å². The molecule has 1 saturated heterocycles. The lowest BCUT2D eigenvalue weighted by atomic mass is 10.0. The highest BCUT2D eigenvalue weighted by molar-refractivity contribution is 7.89. The van der Waals surface area contributed by atoms with E-state index in [2.05, 4.69) is 5.32 Å². The molecule has 0 aromatic heterocycles. The Morgan fingerprint density at radius 2 is 1.83 bits per heavy atom. The molecule has 0 spiro atoms. The first kappa shape index (κ1) is 21.2. The summed E-state index contributed by atoms with van der Waals surface area (Å²) >= 11 is 0. The minimum atomic E-state index is -3.91. The Bertz CT molecular complexity index is 970. The van der Waals surface area contributed by atoms with E-state index in [-0.39, 0.29) is 29.7 Å². The van der Waals surface area contributed by atoms with Crippen LogP contribution in [0.25, 0.3) is 0 Å². The van der Waals surface area contributed by atoms with E-state index in [0.29, 0.717) is 18.9 Å². The van der Waals surface area contributed by atoms with Crippen molar-refractivity contribution in [2.75, 3.05) is 31.6 Å². The zero-order valence-corrected chi connectivity index (χ0v) is 17.3. The van der Waals surface area contributed by atoms with Gasteiger partial charge in [-0.2, -0.15) is 4.31 Å². The second-order valence-corrected chi connectivity index (χ2v) is 8.88. The largest absolute Gasteiger partial charge is 0.379 e. The van der Waals surface area contributed by atoms with E-state index < -0.39 is 14.9 Å². The van der Waals surface area contributed by atoms with Gasteiger partial charge >= 0.3 is 0 Å². The Balaban J connectivity index is 2.01. The number of hydrogen-bond acceptors (Lipinski definition) is 6. The molecular formula is C20H25N3O5S. The van der Waals surface area contributed by atoms with Crippen LogP contribution in [0.1, 0.15) is 30.5 Å². The second-order valence-electron chi connectivity index (χ2n) is 6.97. The molecule has 0 aliphatic carbocycles. The minimum absolute atomic E-state index is 0.0841. The van der Waals surface area contributed by atoms with Crippen LogP contribution in [0.3, 0.4) is 0 Å². The third kappa shape index (κ3) is 4.75. The van der Waals surface area contributed by atoms with Crippen molar-refractivity contribution in [3.05, 3.63) is 63.7 Å². The molecule has 156 valence electrons. The molecule has 8 nitrogen and oxygen atoms in total. The van der Waals surface area contributed by atoms with Crippen LogP contribution in [0, 0.1) is 17.0 Å². The summed E-state index contributed by atoms with van der Waals surface area (Å²) < 4.78 is 33.0. The van der Waals surface area contributed by atoms with Crippen molar-refractivity contribution >= 4 is 21.4 Å². The topological polar surface area (TPSA) is 102 Å². The fourth-order valence-corrected chi connectivity index (χ4v) is 4.87. The predicted molar refractivity (Wildman–Crippen MR) is 111 cm³/mol. The summed E-state index contributed by atoms with van der Waals surface area (Å²) in [7, 11) is -3.91. The molecule has 1 atom stereocenters. The lowest BCUT2D eigenvalue weighted by Gasteiger charge is -2.28. The van der Waals surface area contributed by atoms with Crippen LogP contribution in [-0.4, -0.2) is 43.9 Å². The molecule has 1 fully saturated rings. The molecule has 1 heterocycles. The monoisotopic (exact) mass is 419 g/mol. The lowest BCUT2D eigenvalue weighted by Crippen LogP contribution is -2.40. The lowest BCUT2D eigenvalue weighted by molar-refractivity contribution is -0.385. The number of hydrogen-bond donors (Lipinski definition) is 1. The minimum Gasteiger partial charge on any atom is -0.379 e. The number of benzene rings is 2. The van der Waals surface area contributed by atoms with Gasteiger partial charge in [0.1, 0.15) is 4.90 Å². The molecule has 9 heteroatoms. The van der Waals surface area contributed by atoms with Gasteiger partial charge in [-0.25, -0.2) is 8.42 Å². The first-order chi connectivity index (χ1) is 13.8. The van der Waals surface area contributed by atoms with Gasteiger partial charge in [0.15, 0.2) is 0 Å². The van der Waals surface area contributed by atoms with E-state index in [0.717, 1.165) is 23.6 Å². The Kier molecular flexibility index (Phi) is 6.51. The van der Waals surface area contributed by atoms with Crippen LogP contribution in [0.4, 0.5) is 11.4 Å². The summed E-state index contributed by atoms with van der Waals surface area (Å²) in [6, 6.07) is 11.8. The number of sulfonamides is 1. The molecule has 1 unspecified atom stereocenters. The van der Waals surface area contributed by atoms with Gasteiger partial charge in [-0.05, 0) is 25.0 Å². The van der Waals surface area contributed by atoms with Gasteiger partial charge in [0, 0.05) is 25.2 Å². The molecular weight excluding hydrogens is 394 g/mol. The summed E-state index contributed by atoms with van der Waals surface area (Å²) in [5, 5.41) is 14.5. The molecule has 1 aliphatic rings. The fourth-order valence-electron chi connectivity index (χ4n) is 3.29. The maximum atomic E-state index is 13.2. The zero-order valence-electron chi connectivity index (χ0n) is 16.5. The number of rotatable bonds is 7. The molecule has 29 heavy (non-hydrogen) atoms. The molecule has 2 aromatic rings. The molecule has 3 rings (SSSR count). The number of nitrogens with one attached hydrogen (secondary N) is 1. The first-order valence-corrected chi connectivity index (χ1v) is 11.0. The van der Waals surface area contributed by atoms with E-state index in [4.69, 9.17) is 4.74 Å². The number of non-ortho nitro benzene ring substituents is 1. The van der Waals surface area contributed by atoms with Gasteiger partial charge in [0.05, 0.1) is 29.9 Å². The quantitative estimate of drug-likeness (QED) is 0.544. The zero-order chi connectivity index (χ0) is 21.0. The molecule has 2 aromatic carbocycles. The van der Waals surface area contributed by atoms with Gasteiger partial charge in [-0.15, -0.1) is 0 Å². The third-order valence-corrected chi connectivity index (χ3v) is 6.92. The Hall–Kier alpha value is -2.49. The molecule has 0 saturated carbocycles. The SMILES string of the molecule is CCC(Nc1ccc([N+](=O)[O-])cc1S(=O)(=O)N1CCOCC1)c1ccc(C)cc1. The Morgan fingerprint density at radius 3 is 2.41 bits per heavy atom. The normalized spacial score (nSPS) is 16.3. The van der Waals surface area contributed by atoms with Gasteiger partial charge in [0.25, 0.3) is 5.69 Å². The number of nitro groups is 1. The first-order valence-electron chi connectivity index (χ1n) is 9.52. The van der Waals surface area contributed by atoms with Crippen molar-refractivity contribution in [2.24, 2.45) is 0 Å². The van der Waals surface area contributed by atoms with E-state index >= 15 is 0 Å². The van der Waals surface area contributed by atoms with Crippen molar-refractivity contribution in [2.45, 2.75) is 31.2 Å². The van der Waals surface area contributed by atoms with Crippen molar-refractivity contribution in [1.82, 2.24) is 4.31 Å². The molecule has 0 radical (unpaired) electrons. The standard InChI is InChI=1S/C20H25N3O5S/c1-3-18(16-6-4-15(2)5-7-16)21-19-9-8-17(23(24)25)14-20(19)29(26,27)22-10-12-28-13-11-22/h4-9,14,18,21H,3,10-13H2,1-2H3. The maximum absolute atomic E-state index is 13.2. The third-order valence-electron chi connectivity index (χ3n) is 4.98. The highest BCUT2D eigenvalue weighted by atomic mass is 32.2. The molecule has 1 N–H and O–H groups in total. The fraction of sp³-hybridized carbons (Fsp3) is 0.400. The van der Waals surface area contributed by atoms with Crippen molar-refractivity contribution in [3.8, 4) is 0 Å². The van der Waals surface area contributed by atoms with E-state index in [1.165, 1.54) is 16.4 Å². The average Bonchev–Trinajstić information content (AvgIpc) is 2.73. The summed E-state index contributed by atoms with van der Waals surface area (Å²) in [4.78, 5) is 10.6. The van der Waals surface area contributed by atoms with Gasteiger partial charge in [-0.1, -0.05) is 36.8 Å². The number of ether oxygens (including phenoxy) is 1. The predicted octanol–water partition coefficient (Wildman–Crippen LogP) is 3.49. The van der Waals surface area contributed by atoms with Crippen LogP contribution in [0.15, 0.2) is 47.4 Å². The van der Waals surface area contributed by atoms with Crippen LogP contribution >= 0.6 is 0 Å². The van der Waals surface area contributed by atoms with Gasteiger partial charge in [-0.3, -0.25) is 10.1 Å². The second kappa shape index (κ2) is 8.89. The van der Waals surface area contributed by atoms with Crippen LogP contribution in [0.5, 0.6) is 0 Å². The van der Waals surface area contributed by atoms with Crippen molar-refractivity contribution < 1.29 is 18.1 Å². The maximum Gasteiger partial charge on any atom is 0.270 e. The molecule has 1 aliphatic heterocycles. The molecule has 0 amide bonds. The Morgan fingerprint density at radius 1 is 1.17 bits per heavy atom. The van der Waals surface area contributed by atoms with Crippen molar-refractivity contribution in [1.29, 1.82) is 0 Å². The van der Waals surface area contributed by atoms with Crippen LogP contribution < -0.4 is 5.32 Å². The summed E-state index contributed by atoms with van der Waals surface area (Å²) in [5.41, 5.74) is 2.25. The number of nitro benzene ring substituents is 1. The summed E-state index contributed by atoms with van der Waals surface area (Å²) in [6.07, 6.45) is 0.719. The number of morpholine rings is 1. The van der Waals surface area contributed by atoms with E-state index in [1.54, 1.807) is 0 Å². The highest BCUT2D eigenvalue weighted by Crippen LogP contribution is 2.33. The number of anilines is 1. The van der Waals surface area contributed by atoms with Gasteiger partial charge < -0.3 is 10.1 Å².